The van der Waals surface area contributed by atoms with Gasteiger partial charge in [0, 0.05) is 19.1 Å². The van der Waals surface area contributed by atoms with Crippen LogP contribution in [0.15, 0.2) is 17.1 Å². The smallest absolute Gasteiger partial charge is 0.449 e. The zero-order valence-corrected chi connectivity index (χ0v) is 16.9. The summed E-state index contributed by atoms with van der Waals surface area (Å²) < 4.78 is 21.1. The number of hydrogen-bond donors (Lipinski definition) is 1. The Balaban J connectivity index is 1.83. The molecule has 2 aliphatic rings. The van der Waals surface area contributed by atoms with E-state index in [-0.39, 0.29) is 11.7 Å². The molecular weight excluding hydrogens is 377 g/mol. The van der Waals surface area contributed by atoms with Gasteiger partial charge in [0.15, 0.2) is 11.6 Å². The Labute approximate surface area is 168 Å². The third-order valence-electron chi connectivity index (χ3n) is 6.14. The molecule has 2 aromatic heterocycles. The normalized spacial score (nSPS) is 17.9. The molecule has 0 unspecified atom stereocenters. The molecule has 1 aliphatic carbocycles. The van der Waals surface area contributed by atoms with Crippen molar-refractivity contribution in [3.63, 3.8) is 0 Å². The summed E-state index contributed by atoms with van der Waals surface area (Å²) in [6.45, 7) is 3.34. The van der Waals surface area contributed by atoms with Gasteiger partial charge in [0.05, 0.1) is 17.4 Å². The lowest BCUT2D eigenvalue weighted by Crippen LogP contribution is -2.42. The fraction of sp³-hybridized carbons (Fsp3) is 0.524. The van der Waals surface area contributed by atoms with E-state index >= 15 is 4.39 Å². The van der Waals surface area contributed by atoms with E-state index in [1.807, 2.05) is 6.92 Å². The van der Waals surface area contributed by atoms with Crippen molar-refractivity contribution in [1.29, 1.82) is 0 Å². The Morgan fingerprint density at radius 2 is 1.90 bits per heavy atom. The molecule has 1 aliphatic heterocycles. The van der Waals surface area contributed by atoms with Gasteiger partial charge in [0.25, 0.3) is 5.56 Å². The van der Waals surface area contributed by atoms with Crippen LogP contribution in [0.3, 0.4) is 0 Å². The lowest BCUT2D eigenvalue weighted by Gasteiger charge is -2.37. The maximum Gasteiger partial charge on any atom is 0.511 e. The molecular formula is C21H26FN3O4. The van der Waals surface area contributed by atoms with Crippen LogP contribution < -0.4 is 15.2 Å². The summed E-state index contributed by atoms with van der Waals surface area (Å²) in [7, 11) is 4.13. The maximum atomic E-state index is 15.2. The largest absolute Gasteiger partial charge is 0.511 e. The number of aryl methyl sites for hydroxylation is 1. The number of carboxylic acid groups (broad SMARTS) is 1. The van der Waals surface area contributed by atoms with Gasteiger partial charge in [-0.3, -0.25) is 9.20 Å². The SMILES string of the molecule is Cc1c(N2CCC(N(C)C)CC2)c(F)cn2c(=O)c(OC(=O)O)cc(C3CC3)c12. The third-order valence-corrected chi connectivity index (χ3v) is 6.14. The molecule has 2 aromatic rings. The predicted molar refractivity (Wildman–Crippen MR) is 108 cm³/mol. The number of carbonyl (C=O) groups is 1. The third kappa shape index (κ3) is 3.57. The molecule has 0 spiro atoms. The highest BCUT2D eigenvalue weighted by Gasteiger charge is 2.31. The molecule has 0 aromatic carbocycles. The highest BCUT2D eigenvalue weighted by Crippen LogP contribution is 2.44. The monoisotopic (exact) mass is 403 g/mol. The molecule has 29 heavy (non-hydrogen) atoms. The number of hydrogen-bond acceptors (Lipinski definition) is 5. The summed E-state index contributed by atoms with van der Waals surface area (Å²) in [5, 5.41) is 8.94. The number of halogens is 1. The quantitative estimate of drug-likeness (QED) is 0.791. The van der Waals surface area contributed by atoms with Crippen molar-refractivity contribution in [1.82, 2.24) is 9.30 Å². The second-order valence-corrected chi connectivity index (χ2v) is 8.26. The number of aromatic nitrogens is 1. The average molecular weight is 403 g/mol. The number of anilines is 1. The van der Waals surface area contributed by atoms with E-state index in [4.69, 9.17) is 5.11 Å². The van der Waals surface area contributed by atoms with E-state index in [0.717, 1.165) is 44.3 Å². The van der Waals surface area contributed by atoms with Gasteiger partial charge in [0.2, 0.25) is 0 Å². The fourth-order valence-electron chi connectivity index (χ4n) is 4.48. The molecule has 3 heterocycles. The van der Waals surface area contributed by atoms with Crippen LogP contribution in [0.1, 0.15) is 42.7 Å². The van der Waals surface area contributed by atoms with Crippen molar-refractivity contribution >= 4 is 17.4 Å². The van der Waals surface area contributed by atoms with E-state index in [0.29, 0.717) is 22.8 Å². The van der Waals surface area contributed by atoms with Crippen molar-refractivity contribution in [2.75, 3.05) is 32.1 Å². The minimum absolute atomic E-state index is 0.234. The van der Waals surface area contributed by atoms with Gasteiger partial charge in [-0.2, -0.15) is 0 Å². The lowest BCUT2D eigenvalue weighted by atomic mass is 10.0. The molecule has 0 amide bonds. The number of pyridine rings is 2. The zero-order valence-electron chi connectivity index (χ0n) is 16.9. The Morgan fingerprint density at radius 3 is 2.45 bits per heavy atom. The van der Waals surface area contributed by atoms with Gasteiger partial charge in [-0.15, -0.1) is 0 Å². The molecule has 4 rings (SSSR count). The topological polar surface area (TPSA) is 74.5 Å². The Bertz CT molecular complexity index is 1020. The first kappa shape index (κ1) is 19.7. The lowest BCUT2D eigenvalue weighted by molar-refractivity contribution is 0.143. The van der Waals surface area contributed by atoms with Crippen LogP contribution in [0.5, 0.6) is 5.75 Å². The molecule has 0 atom stereocenters. The van der Waals surface area contributed by atoms with Gasteiger partial charge in [-0.05, 0) is 69.8 Å². The maximum absolute atomic E-state index is 15.2. The molecule has 2 fully saturated rings. The highest BCUT2D eigenvalue weighted by molar-refractivity contribution is 5.74. The van der Waals surface area contributed by atoms with E-state index < -0.39 is 17.5 Å². The first-order valence-corrected chi connectivity index (χ1v) is 9.98. The molecule has 1 saturated heterocycles. The van der Waals surface area contributed by atoms with Crippen LogP contribution in [0.2, 0.25) is 0 Å². The first-order valence-electron chi connectivity index (χ1n) is 9.98. The summed E-state index contributed by atoms with van der Waals surface area (Å²) in [6.07, 6.45) is 3.44. The molecule has 0 radical (unpaired) electrons. The van der Waals surface area contributed by atoms with E-state index in [9.17, 15) is 9.59 Å². The summed E-state index contributed by atoms with van der Waals surface area (Å²) >= 11 is 0. The van der Waals surface area contributed by atoms with E-state index in [1.54, 1.807) is 0 Å². The number of rotatable bonds is 4. The fourth-order valence-corrected chi connectivity index (χ4v) is 4.48. The van der Waals surface area contributed by atoms with Gasteiger partial charge in [0.1, 0.15) is 0 Å². The van der Waals surface area contributed by atoms with Crippen LogP contribution in [0.25, 0.3) is 5.52 Å². The first-order chi connectivity index (χ1) is 13.8. The van der Waals surface area contributed by atoms with Gasteiger partial charge in [-0.1, -0.05) is 0 Å². The Hall–Kier alpha value is -2.61. The molecule has 1 saturated carbocycles. The summed E-state index contributed by atoms with van der Waals surface area (Å²) in [4.78, 5) is 28.0. The number of fused-ring (bicyclic) bond motifs is 1. The minimum atomic E-state index is -1.55. The standard InChI is InChI=1S/C21H26FN3O4/c1-12-18-15(13-4-5-13)10-17(29-21(27)28)20(26)25(18)11-16(22)19(12)24-8-6-14(7-9-24)23(2)3/h10-11,13-14H,4-9H2,1-3H3,(H,27,28). The van der Waals surface area contributed by atoms with Gasteiger partial charge in [-0.25, -0.2) is 9.18 Å². The average Bonchev–Trinajstić information content (AvgIpc) is 3.49. The van der Waals surface area contributed by atoms with E-state index in [2.05, 4.69) is 28.6 Å². The summed E-state index contributed by atoms with van der Waals surface area (Å²) in [6, 6.07) is 2.01. The molecule has 0 bridgehead atoms. The summed E-state index contributed by atoms with van der Waals surface area (Å²) in [5.41, 5.74) is 2.11. The number of nitrogens with zero attached hydrogens (tertiary/aromatic N) is 3. The second-order valence-electron chi connectivity index (χ2n) is 8.26. The van der Waals surface area contributed by atoms with Crippen LogP contribution in [-0.4, -0.2) is 53.8 Å². The van der Waals surface area contributed by atoms with Crippen molar-refractivity contribution in [2.45, 2.75) is 44.6 Å². The summed E-state index contributed by atoms with van der Waals surface area (Å²) in [5.74, 6) is -0.525. The second kappa shape index (κ2) is 7.33. The van der Waals surface area contributed by atoms with Crippen LogP contribution in [0, 0.1) is 12.7 Å². The van der Waals surface area contributed by atoms with Gasteiger partial charge >= 0.3 is 6.16 Å². The van der Waals surface area contributed by atoms with Crippen LogP contribution >= 0.6 is 0 Å². The zero-order chi connectivity index (χ0) is 20.9. The molecule has 8 heteroatoms. The number of ether oxygens (including phenoxy) is 1. The number of piperidine rings is 1. The van der Waals surface area contributed by atoms with Crippen molar-refractivity contribution < 1.29 is 19.0 Å². The van der Waals surface area contributed by atoms with Crippen LogP contribution in [-0.2, 0) is 0 Å². The van der Waals surface area contributed by atoms with Crippen LogP contribution in [0.4, 0.5) is 14.9 Å². The molecule has 1 N–H and O–H groups in total. The minimum Gasteiger partial charge on any atom is -0.449 e. The Morgan fingerprint density at radius 1 is 1.24 bits per heavy atom. The van der Waals surface area contributed by atoms with Crippen molar-refractivity contribution in [3.05, 3.63) is 39.6 Å². The van der Waals surface area contributed by atoms with E-state index in [1.165, 1.54) is 16.7 Å². The predicted octanol–water partition coefficient (Wildman–Crippen LogP) is 3.21. The van der Waals surface area contributed by atoms with Crippen molar-refractivity contribution in [2.24, 2.45) is 0 Å². The molecule has 7 nitrogen and oxygen atoms in total. The molecule has 156 valence electrons. The van der Waals surface area contributed by atoms with Gasteiger partial charge < -0.3 is 19.6 Å². The van der Waals surface area contributed by atoms with Crippen molar-refractivity contribution in [3.8, 4) is 5.75 Å². The highest BCUT2D eigenvalue weighted by atomic mass is 19.1. The Kier molecular flexibility index (Phi) is 4.98.